The Morgan fingerprint density at radius 3 is 2.65 bits per heavy atom. The normalized spacial score (nSPS) is 20.5. The molecule has 1 aromatic carbocycles. The van der Waals surface area contributed by atoms with Crippen LogP contribution < -0.4 is 0 Å². The lowest BCUT2D eigenvalue weighted by Crippen LogP contribution is -2.42. The number of benzene rings is 1. The number of hydrogen-bond donors (Lipinski definition) is 2. The van der Waals surface area contributed by atoms with E-state index in [0.717, 1.165) is 11.1 Å². The summed E-state index contributed by atoms with van der Waals surface area (Å²) in [4.78, 5) is 25.3. The average molecular weight is 361 g/mol. The molecule has 0 aliphatic carbocycles. The van der Waals surface area contributed by atoms with Gasteiger partial charge < -0.3 is 19.8 Å². The van der Waals surface area contributed by atoms with Gasteiger partial charge in [-0.3, -0.25) is 0 Å². The Labute approximate surface area is 154 Å². The van der Waals surface area contributed by atoms with Crippen molar-refractivity contribution in [2.75, 3.05) is 6.54 Å². The lowest BCUT2D eigenvalue weighted by molar-refractivity contribution is 0.00685. The van der Waals surface area contributed by atoms with Gasteiger partial charge in [-0.25, -0.2) is 9.59 Å². The molecule has 1 amide bonds. The topological polar surface area (TPSA) is 87.1 Å². The fourth-order valence-corrected chi connectivity index (χ4v) is 3.20. The Morgan fingerprint density at radius 1 is 1.38 bits per heavy atom. The Balaban J connectivity index is 2.40. The first-order valence-electron chi connectivity index (χ1n) is 8.77. The molecule has 26 heavy (non-hydrogen) atoms. The zero-order chi connectivity index (χ0) is 19.5. The summed E-state index contributed by atoms with van der Waals surface area (Å²) in [5.41, 5.74) is 1.42. The minimum Gasteiger partial charge on any atom is -0.465 e. The molecular weight excluding hydrogens is 334 g/mol. The molecule has 0 bridgehead atoms. The van der Waals surface area contributed by atoms with Crippen LogP contribution in [0.25, 0.3) is 0 Å². The van der Waals surface area contributed by atoms with Gasteiger partial charge in [-0.15, -0.1) is 6.58 Å². The van der Waals surface area contributed by atoms with Gasteiger partial charge in [0.2, 0.25) is 0 Å². The highest BCUT2D eigenvalue weighted by Gasteiger charge is 2.33. The maximum Gasteiger partial charge on any atom is 0.407 e. The van der Waals surface area contributed by atoms with Crippen molar-refractivity contribution in [3.8, 4) is 0 Å². The zero-order valence-corrected chi connectivity index (χ0v) is 15.6. The van der Waals surface area contributed by atoms with Crippen LogP contribution in [0.1, 0.15) is 61.1 Å². The molecule has 1 aromatic rings. The van der Waals surface area contributed by atoms with Crippen molar-refractivity contribution in [3.05, 3.63) is 47.5 Å². The van der Waals surface area contributed by atoms with Crippen molar-refractivity contribution in [2.24, 2.45) is 0 Å². The predicted molar refractivity (Wildman–Crippen MR) is 98.2 cm³/mol. The van der Waals surface area contributed by atoms with Crippen molar-refractivity contribution in [1.29, 1.82) is 0 Å². The van der Waals surface area contributed by atoms with E-state index in [0.29, 0.717) is 24.8 Å². The first-order chi connectivity index (χ1) is 12.1. The highest BCUT2D eigenvalue weighted by molar-refractivity contribution is 5.90. The number of aliphatic hydroxyl groups is 1. The van der Waals surface area contributed by atoms with Gasteiger partial charge in [0, 0.05) is 6.54 Å². The van der Waals surface area contributed by atoms with Crippen molar-refractivity contribution in [3.63, 3.8) is 0 Å². The lowest BCUT2D eigenvalue weighted by Gasteiger charge is -2.37. The van der Waals surface area contributed by atoms with Crippen molar-refractivity contribution >= 4 is 12.1 Å². The molecule has 6 heteroatoms. The number of amides is 1. The fraction of sp³-hybridized carbons (Fsp3) is 0.500. The molecular formula is C20H27NO5. The molecule has 0 saturated carbocycles. The van der Waals surface area contributed by atoms with Gasteiger partial charge in [-0.2, -0.15) is 0 Å². The molecule has 1 aliphatic heterocycles. The third-order valence-corrected chi connectivity index (χ3v) is 4.32. The fourth-order valence-electron chi connectivity index (χ4n) is 3.20. The standard InChI is InChI=1S/C20H27NO5/c1-5-6-13-11-14(18(23)26-20(2,3)4)7-8-16(13)17-12-15(22)9-10-21(17)19(24)25/h5,7-8,11,15,17,22H,1,6,9-10,12H2,2-4H3,(H,24,25)/t15?,17-/m0/s1. The van der Waals surface area contributed by atoms with Crippen LogP contribution in [0.15, 0.2) is 30.9 Å². The lowest BCUT2D eigenvalue weighted by atomic mass is 9.88. The van der Waals surface area contributed by atoms with E-state index >= 15 is 0 Å². The van der Waals surface area contributed by atoms with Gasteiger partial charge in [-0.1, -0.05) is 12.1 Å². The highest BCUT2D eigenvalue weighted by atomic mass is 16.6. The molecule has 1 fully saturated rings. The third-order valence-electron chi connectivity index (χ3n) is 4.32. The molecule has 1 saturated heterocycles. The number of carboxylic acid groups (broad SMARTS) is 1. The van der Waals surface area contributed by atoms with Gasteiger partial charge in [-0.05, 0) is 63.3 Å². The molecule has 2 atom stereocenters. The molecule has 0 spiro atoms. The first-order valence-corrected chi connectivity index (χ1v) is 8.77. The number of esters is 1. The number of nitrogens with zero attached hydrogens (tertiary/aromatic N) is 1. The SMILES string of the molecule is C=CCc1cc(C(=O)OC(C)(C)C)ccc1[C@@H]1CC(O)CCN1C(=O)O. The van der Waals surface area contributed by atoms with E-state index in [1.807, 2.05) is 0 Å². The molecule has 1 heterocycles. The van der Waals surface area contributed by atoms with Crippen molar-refractivity contribution in [1.82, 2.24) is 4.90 Å². The number of carbonyl (C=O) groups excluding carboxylic acids is 1. The van der Waals surface area contributed by atoms with Crippen LogP contribution in [0.3, 0.4) is 0 Å². The molecule has 2 rings (SSSR count). The summed E-state index contributed by atoms with van der Waals surface area (Å²) in [6, 6.07) is 4.69. The maximum atomic E-state index is 12.3. The van der Waals surface area contributed by atoms with Gasteiger partial charge in [0.05, 0.1) is 17.7 Å². The molecule has 6 nitrogen and oxygen atoms in total. The minimum absolute atomic E-state index is 0.280. The van der Waals surface area contributed by atoms with E-state index in [9.17, 15) is 19.8 Å². The number of carbonyl (C=O) groups is 2. The number of hydrogen-bond acceptors (Lipinski definition) is 4. The second-order valence-electron chi connectivity index (χ2n) is 7.58. The molecule has 0 aromatic heterocycles. The number of rotatable bonds is 4. The van der Waals surface area contributed by atoms with Crippen LogP contribution in [-0.4, -0.2) is 45.4 Å². The predicted octanol–water partition coefficient (Wildman–Crippen LogP) is 3.55. The van der Waals surface area contributed by atoms with Gasteiger partial charge in [0.1, 0.15) is 5.60 Å². The second-order valence-corrected chi connectivity index (χ2v) is 7.58. The minimum atomic E-state index is -1.01. The number of aliphatic hydroxyl groups excluding tert-OH is 1. The van der Waals surface area contributed by atoms with E-state index in [1.54, 1.807) is 45.0 Å². The molecule has 0 radical (unpaired) electrons. The summed E-state index contributed by atoms with van der Waals surface area (Å²) in [6.07, 6.45) is 1.41. The Morgan fingerprint density at radius 2 is 2.08 bits per heavy atom. The Bertz CT molecular complexity index is 692. The van der Waals surface area contributed by atoms with Crippen LogP contribution in [0, 0.1) is 0 Å². The van der Waals surface area contributed by atoms with Crippen LogP contribution in [0.5, 0.6) is 0 Å². The van der Waals surface area contributed by atoms with E-state index < -0.39 is 29.8 Å². The number of piperidine rings is 1. The largest absolute Gasteiger partial charge is 0.465 e. The first kappa shape index (κ1) is 20.0. The molecule has 1 aliphatic rings. The smallest absolute Gasteiger partial charge is 0.407 e. The van der Waals surface area contributed by atoms with Crippen LogP contribution >= 0.6 is 0 Å². The third kappa shape index (κ3) is 4.85. The van der Waals surface area contributed by atoms with Crippen LogP contribution in [0.4, 0.5) is 4.79 Å². The van der Waals surface area contributed by atoms with Gasteiger partial charge >= 0.3 is 12.1 Å². The quantitative estimate of drug-likeness (QED) is 0.633. The summed E-state index contributed by atoms with van der Waals surface area (Å²) in [7, 11) is 0. The van der Waals surface area contributed by atoms with Crippen molar-refractivity contribution in [2.45, 2.75) is 57.8 Å². The van der Waals surface area contributed by atoms with E-state index in [2.05, 4.69) is 6.58 Å². The summed E-state index contributed by atoms with van der Waals surface area (Å²) in [5, 5.41) is 19.5. The van der Waals surface area contributed by atoms with Crippen molar-refractivity contribution < 1.29 is 24.5 Å². The summed E-state index contributed by atoms with van der Waals surface area (Å²) in [5.74, 6) is -0.423. The molecule has 142 valence electrons. The van der Waals surface area contributed by atoms with Crippen LogP contribution in [-0.2, 0) is 11.2 Å². The Kier molecular flexibility index (Phi) is 6.08. The van der Waals surface area contributed by atoms with Gasteiger partial charge in [0.25, 0.3) is 0 Å². The van der Waals surface area contributed by atoms with E-state index in [-0.39, 0.29) is 6.54 Å². The summed E-state index contributed by atoms with van der Waals surface area (Å²) >= 11 is 0. The molecule has 2 N–H and O–H groups in total. The summed E-state index contributed by atoms with van der Waals surface area (Å²) < 4.78 is 5.41. The second kappa shape index (κ2) is 7.91. The molecule has 1 unspecified atom stereocenters. The zero-order valence-electron chi connectivity index (χ0n) is 15.6. The number of allylic oxidation sites excluding steroid dienone is 1. The van der Waals surface area contributed by atoms with Gasteiger partial charge in [0.15, 0.2) is 0 Å². The maximum absolute atomic E-state index is 12.3. The average Bonchev–Trinajstić information content (AvgIpc) is 2.53. The van der Waals surface area contributed by atoms with E-state index in [1.165, 1.54) is 4.90 Å². The summed E-state index contributed by atoms with van der Waals surface area (Å²) in [6.45, 7) is 9.44. The number of ether oxygens (including phenoxy) is 1. The monoisotopic (exact) mass is 361 g/mol. The highest BCUT2D eigenvalue weighted by Crippen LogP contribution is 2.34. The Hall–Kier alpha value is -2.34. The van der Waals surface area contributed by atoms with E-state index in [4.69, 9.17) is 4.74 Å². The van der Waals surface area contributed by atoms with Crippen LogP contribution in [0.2, 0.25) is 0 Å². The number of likely N-dealkylation sites (tertiary alicyclic amines) is 1.